The van der Waals surface area contributed by atoms with Crippen molar-refractivity contribution in [2.75, 3.05) is 13.1 Å². The van der Waals surface area contributed by atoms with E-state index in [-0.39, 0.29) is 31.4 Å². The Morgan fingerprint density at radius 2 is 1.80 bits per heavy atom. The first-order valence-corrected chi connectivity index (χ1v) is 8.85. The highest BCUT2D eigenvalue weighted by molar-refractivity contribution is 5.86. The van der Waals surface area contributed by atoms with Gasteiger partial charge in [0.05, 0.1) is 6.54 Å². The molecular formula is C19H26N2O4. The fourth-order valence-electron chi connectivity index (χ4n) is 3.21. The third kappa shape index (κ3) is 6.95. The molecule has 0 radical (unpaired) electrons. The van der Waals surface area contributed by atoms with Gasteiger partial charge in [-0.25, -0.2) is 0 Å². The molecular weight excluding hydrogens is 320 g/mol. The van der Waals surface area contributed by atoms with E-state index in [9.17, 15) is 14.4 Å². The number of hydrogen-bond acceptors (Lipinski definition) is 3. The van der Waals surface area contributed by atoms with E-state index in [1.807, 2.05) is 30.3 Å². The second-order valence-corrected chi connectivity index (χ2v) is 6.60. The molecule has 25 heavy (non-hydrogen) atoms. The topological polar surface area (TPSA) is 86.7 Å². The lowest BCUT2D eigenvalue weighted by Gasteiger charge is -2.21. The van der Waals surface area contributed by atoms with Gasteiger partial charge in [0.25, 0.3) is 0 Å². The van der Waals surface area contributed by atoms with Crippen molar-refractivity contribution in [2.24, 2.45) is 5.92 Å². The summed E-state index contributed by atoms with van der Waals surface area (Å²) in [6, 6.07) is 9.20. The Bertz CT molecular complexity index is 582. The zero-order valence-corrected chi connectivity index (χ0v) is 14.4. The number of carbonyl (C=O) groups is 3. The van der Waals surface area contributed by atoms with Crippen LogP contribution in [0.2, 0.25) is 0 Å². The van der Waals surface area contributed by atoms with Crippen molar-refractivity contribution in [3.63, 3.8) is 0 Å². The molecule has 1 aromatic rings. The van der Waals surface area contributed by atoms with Crippen molar-refractivity contribution in [1.82, 2.24) is 10.2 Å². The minimum Gasteiger partial charge on any atom is -0.480 e. The van der Waals surface area contributed by atoms with Crippen LogP contribution in [0, 0.1) is 5.92 Å². The Morgan fingerprint density at radius 1 is 1.12 bits per heavy atom. The number of carboxylic acid groups (broad SMARTS) is 1. The first-order valence-electron chi connectivity index (χ1n) is 8.85. The van der Waals surface area contributed by atoms with Gasteiger partial charge in [-0.15, -0.1) is 0 Å². The fraction of sp³-hybridized carbons (Fsp3) is 0.526. The van der Waals surface area contributed by atoms with Crippen LogP contribution in [0.15, 0.2) is 30.3 Å². The van der Waals surface area contributed by atoms with E-state index in [2.05, 4.69) is 5.32 Å². The summed E-state index contributed by atoms with van der Waals surface area (Å²) in [5.74, 6) is -0.976. The van der Waals surface area contributed by atoms with Gasteiger partial charge in [0.2, 0.25) is 11.8 Å². The van der Waals surface area contributed by atoms with Crippen LogP contribution in [0.3, 0.4) is 0 Å². The number of carboxylic acids is 1. The molecule has 1 fully saturated rings. The minimum absolute atomic E-state index is 0.143. The van der Waals surface area contributed by atoms with Crippen LogP contribution in [0.1, 0.15) is 44.1 Å². The van der Waals surface area contributed by atoms with Crippen molar-refractivity contribution < 1.29 is 19.5 Å². The van der Waals surface area contributed by atoms with Gasteiger partial charge in [0, 0.05) is 13.0 Å². The van der Waals surface area contributed by atoms with E-state index < -0.39 is 5.97 Å². The third-order valence-corrected chi connectivity index (χ3v) is 4.59. The summed E-state index contributed by atoms with van der Waals surface area (Å²) >= 11 is 0. The number of aliphatic carboxylic acids is 1. The zero-order valence-electron chi connectivity index (χ0n) is 14.4. The van der Waals surface area contributed by atoms with Crippen LogP contribution in [0.25, 0.3) is 0 Å². The molecule has 0 aromatic heterocycles. The van der Waals surface area contributed by atoms with Crippen LogP contribution >= 0.6 is 0 Å². The highest BCUT2D eigenvalue weighted by Crippen LogP contribution is 2.28. The maximum Gasteiger partial charge on any atom is 0.323 e. The van der Waals surface area contributed by atoms with E-state index >= 15 is 0 Å². The van der Waals surface area contributed by atoms with E-state index in [1.165, 1.54) is 30.6 Å². The van der Waals surface area contributed by atoms with E-state index in [0.717, 1.165) is 12.0 Å². The first kappa shape index (κ1) is 19.0. The lowest BCUT2D eigenvalue weighted by Crippen LogP contribution is -2.42. The summed E-state index contributed by atoms with van der Waals surface area (Å²) in [5, 5.41) is 11.6. The van der Waals surface area contributed by atoms with E-state index in [1.54, 1.807) is 0 Å². The normalized spacial score (nSPS) is 14.2. The number of nitrogens with zero attached hydrogens (tertiary/aromatic N) is 1. The van der Waals surface area contributed by atoms with Gasteiger partial charge in [-0.2, -0.15) is 0 Å². The van der Waals surface area contributed by atoms with E-state index in [0.29, 0.717) is 12.3 Å². The number of amides is 2. The average Bonchev–Trinajstić information content (AvgIpc) is 3.11. The summed E-state index contributed by atoms with van der Waals surface area (Å²) in [5.41, 5.74) is 0.852. The van der Waals surface area contributed by atoms with Gasteiger partial charge in [0.15, 0.2) is 0 Å². The SMILES string of the molecule is O=C(O)CN(Cc1ccccc1)C(=O)CNC(=O)CCC1CCCC1. The number of carbonyl (C=O) groups excluding carboxylic acids is 2. The number of benzene rings is 1. The zero-order chi connectivity index (χ0) is 18.1. The molecule has 2 rings (SSSR count). The average molecular weight is 346 g/mol. The summed E-state index contributed by atoms with van der Waals surface area (Å²) in [7, 11) is 0. The quantitative estimate of drug-likeness (QED) is 0.717. The largest absolute Gasteiger partial charge is 0.480 e. The molecule has 0 aliphatic heterocycles. The lowest BCUT2D eigenvalue weighted by molar-refractivity contribution is -0.144. The van der Waals surface area contributed by atoms with Crippen LogP contribution in [-0.2, 0) is 20.9 Å². The van der Waals surface area contributed by atoms with Crippen LogP contribution in [0.4, 0.5) is 0 Å². The Hall–Kier alpha value is -2.37. The standard InChI is InChI=1S/C19H26N2O4/c22-17(11-10-15-6-4-5-7-15)20-12-18(23)21(14-19(24)25)13-16-8-2-1-3-9-16/h1-3,8-9,15H,4-7,10-14H2,(H,20,22)(H,24,25). The maximum absolute atomic E-state index is 12.3. The van der Waals surface area contributed by atoms with Gasteiger partial charge >= 0.3 is 5.97 Å². The fourth-order valence-corrected chi connectivity index (χ4v) is 3.21. The van der Waals surface area contributed by atoms with Crippen LogP contribution in [-0.4, -0.2) is 40.9 Å². The smallest absolute Gasteiger partial charge is 0.323 e. The molecule has 136 valence electrons. The molecule has 2 N–H and O–H groups in total. The molecule has 0 spiro atoms. The van der Waals surface area contributed by atoms with Crippen molar-refractivity contribution >= 4 is 17.8 Å². The molecule has 0 heterocycles. The predicted molar refractivity (Wildman–Crippen MR) is 93.7 cm³/mol. The van der Waals surface area contributed by atoms with Crippen LogP contribution in [0.5, 0.6) is 0 Å². The van der Waals surface area contributed by atoms with Crippen molar-refractivity contribution in [2.45, 2.75) is 45.1 Å². The van der Waals surface area contributed by atoms with Gasteiger partial charge in [-0.05, 0) is 17.9 Å². The molecule has 6 heteroatoms. The predicted octanol–water partition coefficient (Wildman–Crippen LogP) is 2.19. The second kappa shape index (κ2) is 9.81. The third-order valence-electron chi connectivity index (χ3n) is 4.59. The molecule has 0 bridgehead atoms. The highest BCUT2D eigenvalue weighted by Gasteiger charge is 2.19. The summed E-state index contributed by atoms with van der Waals surface area (Å²) < 4.78 is 0. The number of rotatable bonds is 9. The number of hydrogen-bond donors (Lipinski definition) is 2. The monoisotopic (exact) mass is 346 g/mol. The molecule has 1 aromatic carbocycles. The summed E-state index contributed by atoms with van der Waals surface area (Å²) in [4.78, 5) is 36.5. The Morgan fingerprint density at radius 3 is 2.44 bits per heavy atom. The molecule has 6 nitrogen and oxygen atoms in total. The molecule has 1 saturated carbocycles. The lowest BCUT2D eigenvalue weighted by atomic mass is 10.0. The Kier molecular flexibility index (Phi) is 7.44. The highest BCUT2D eigenvalue weighted by atomic mass is 16.4. The summed E-state index contributed by atoms with van der Waals surface area (Å²) in [6.45, 7) is -0.334. The van der Waals surface area contributed by atoms with Crippen LogP contribution < -0.4 is 5.32 Å². The minimum atomic E-state index is -1.07. The molecule has 2 amide bonds. The van der Waals surface area contributed by atoms with Gasteiger partial charge in [-0.1, -0.05) is 56.0 Å². The number of nitrogens with one attached hydrogen (secondary N) is 1. The van der Waals surface area contributed by atoms with E-state index in [4.69, 9.17) is 5.11 Å². The molecule has 0 atom stereocenters. The second-order valence-electron chi connectivity index (χ2n) is 6.60. The molecule has 1 aliphatic carbocycles. The van der Waals surface area contributed by atoms with Gasteiger partial charge in [-0.3, -0.25) is 14.4 Å². The first-order chi connectivity index (χ1) is 12.0. The molecule has 0 unspecified atom stereocenters. The molecule has 1 aliphatic rings. The van der Waals surface area contributed by atoms with Crippen molar-refractivity contribution in [1.29, 1.82) is 0 Å². The van der Waals surface area contributed by atoms with Gasteiger partial charge in [0.1, 0.15) is 6.54 Å². The molecule has 0 saturated heterocycles. The maximum atomic E-state index is 12.3. The van der Waals surface area contributed by atoms with Crippen molar-refractivity contribution in [3.05, 3.63) is 35.9 Å². The van der Waals surface area contributed by atoms with Gasteiger partial charge < -0.3 is 15.3 Å². The van der Waals surface area contributed by atoms with Crippen molar-refractivity contribution in [3.8, 4) is 0 Å². The Balaban J connectivity index is 1.79. The summed E-state index contributed by atoms with van der Waals surface area (Å²) in [6.07, 6.45) is 6.16. The Labute approximate surface area is 148 Å².